The van der Waals surface area contributed by atoms with Crippen LogP contribution >= 0.6 is 0 Å². The van der Waals surface area contributed by atoms with Gasteiger partial charge in [-0.2, -0.15) is 0 Å². The molecular formula is C12H18FNO. The molecule has 0 amide bonds. The van der Waals surface area contributed by atoms with Crippen LogP contribution in [0.5, 0.6) is 0 Å². The zero-order valence-electron chi connectivity index (χ0n) is 9.29. The van der Waals surface area contributed by atoms with E-state index in [0.717, 1.165) is 6.42 Å². The number of hydrogen-bond donors (Lipinski definition) is 1. The predicted octanol–water partition coefficient (Wildman–Crippen LogP) is 2.97. The van der Waals surface area contributed by atoms with Crippen molar-refractivity contribution in [1.29, 1.82) is 0 Å². The third-order valence-corrected chi connectivity index (χ3v) is 2.21. The van der Waals surface area contributed by atoms with Crippen molar-refractivity contribution in [2.45, 2.75) is 26.9 Å². The minimum absolute atomic E-state index is 0.181. The van der Waals surface area contributed by atoms with Crippen LogP contribution in [-0.2, 0) is 11.3 Å². The second kappa shape index (κ2) is 5.71. The first-order valence-electron chi connectivity index (χ1n) is 5.22. The Kier molecular flexibility index (Phi) is 4.56. The summed E-state index contributed by atoms with van der Waals surface area (Å²) < 4.78 is 18.8. The van der Waals surface area contributed by atoms with Crippen molar-refractivity contribution in [3.8, 4) is 0 Å². The average molecular weight is 211 g/mol. The molecule has 84 valence electrons. The Hall–Kier alpha value is -1.09. The molecule has 0 aliphatic rings. The van der Waals surface area contributed by atoms with Crippen LogP contribution < -0.4 is 5.73 Å². The lowest BCUT2D eigenvalue weighted by molar-refractivity contribution is 0.108. The number of nitrogens with two attached hydrogens (primary N) is 1. The summed E-state index contributed by atoms with van der Waals surface area (Å²) in [7, 11) is 0. The summed E-state index contributed by atoms with van der Waals surface area (Å²) in [5, 5.41) is 0. The quantitative estimate of drug-likeness (QED) is 0.600. The van der Waals surface area contributed by atoms with Gasteiger partial charge in [0.05, 0.1) is 12.3 Å². The standard InChI is InChI=1S/C12H18FNO/c1-9(2)6-7-15-8-10-4-3-5-11(14)12(10)13/h3-5,9H,6-8,14H2,1-2H3. The molecule has 0 saturated carbocycles. The van der Waals surface area contributed by atoms with E-state index in [1.807, 2.05) is 0 Å². The van der Waals surface area contributed by atoms with E-state index in [1.165, 1.54) is 0 Å². The Morgan fingerprint density at radius 1 is 1.40 bits per heavy atom. The third-order valence-electron chi connectivity index (χ3n) is 2.21. The van der Waals surface area contributed by atoms with Gasteiger partial charge in [-0.3, -0.25) is 0 Å². The van der Waals surface area contributed by atoms with E-state index in [9.17, 15) is 4.39 Å². The highest BCUT2D eigenvalue weighted by molar-refractivity contribution is 5.42. The number of rotatable bonds is 5. The van der Waals surface area contributed by atoms with E-state index in [1.54, 1.807) is 18.2 Å². The fourth-order valence-corrected chi connectivity index (χ4v) is 1.21. The van der Waals surface area contributed by atoms with Crippen LogP contribution in [0.2, 0.25) is 0 Å². The number of nitrogen functional groups attached to an aromatic ring is 1. The first-order valence-corrected chi connectivity index (χ1v) is 5.22. The molecule has 0 aliphatic carbocycles. The van der Waals surface area contributed by atoms with Gasteiger partial charge in [0.25, 0.3) is 0 Å². The fourth-order valence-electron chi connectivity index (χ4n) is 1.21. The molecule has 0 atom stereocenters. The molecule has 0 aliphatic heterocycles. The van der Waals surface area contributed by atoms with Crippen molar-refractivity contribution in [3.05, 3.63) is 29.6 Å². The Bertz CT molecular complexity index is 312. The number of ether oxygens (including phenoxy) is 1. The van der Waals surface area contributed by atoms with Gasteiger partial charge in [0.1, 0.15) is 0 Å². The molecule has 0 fully saturated rings. The normalized spacial score (nSPS) is 10.9. The molecule has 15 heavy (non-hydrogen) atoms. The first-order chi connectivity index (χ1) is 7.11. The molecule has 0 aromatic heterocycles. The van der Waals surface area contributed by atoms with Crippen molar-refractivity contribution < 1.29 is 9.13 Å². The first kappa shape index (κ1) is 12.0. The smallest absolute Gasteiger partial charge is 0.151 e. The van der Waals surface area contributed by atoms with Gasteiger partial charge in [-0.15, -0.1) is 0 Å². The van der Waals surface area contributed by atoms with Crippen LogP contribution in [0.15, 0.2) is 18.2 Å². The van der Waals surface area contributed by atoms with Gasteiger partial charge in [0.2, 0.25) is 0 Å². The van der Waals surface area contributed by atoms with Crippen LogP contribution in [0.25, 0.3) is 0 Å². The van der Waals surface area contributed by atoms with Gasteiger partial charge in [0, 0.05) is 12.2 Å². The van der Waals surface area contributed by atoms with Crippen molar-refractivity contribution in [2.24, 2.45) is 5.92 Å². The number of anilines is 1. The molecule has 0 saturated heterocycles. The largest absolute Gasteiger partial charge is 0.396 e. The van der Waals surface area contributed by atoms with E-state index in [0.29, 0.717) is 24.7 Å². The Morgan fingerprint density at radius 2 is 2.13 bits per heavy atom. The highest BCUT2D eigenvalue weighted by Crippen LogP contribution is 2.15. The molecule has 2 N–H and O–H groups in total. The summed E-state index contributed by atoms with van der Waals surface area (Å²) >= 11 is 0. The second-order valence-electron chi connectivity index (χ2n) is 4.06. The SMILES string of the molecule is CC(C)CCOCc1cccc(N)c1F. The van der Waals surface area contributed by atoms with Crippen LogP contribution in [0.3, 0.4) is 0 Å². The maximum atomic E-state index is 13.4. The fraction of sp³-hybridized carbons (Fsp3) is 0.500. The summed E-state index contributed by atoms with van der Waals surface area (Å²) in [6.07, 6.45) is 0.990. The topological polar surface area (TPSA) is 35.2 Å². The van der Waals surface area contributed by atoms with Crippen molar-refractivity contribution in [1.82, 2.24) is 0 Å². The van der Waals surface area contributed by atoms with Crippen LogP contribution in [0, 0.1) is 11.7 Å². The van der Waals surface area contributed by atoms with E-state index in [2.05, 4.69) is 13.8 Å². The molecule has 0 radical (unpaired) electrons. The van der Waals surface area contributed by atoms with Gasteiger partial charge in [0.15, 0.2) is 5.82 Å². The lowest BCUT2D eigenvalue weighted by atomic mass is 10.1. The van der Waals surface area contributed by atoms with Crippen molar-refractivity contribution in [3.63, 3.8) is 0 Å². The molecule has 0 bridgehead atoms. The molecule has 0 heterocycles. The van der Waals surface area contributed by atoms with Crippen LogP contribution in [0.4, 0.5) is 10.1 Å². The van der Waals surface area contributed by atoms with E-state index in [4.69, 9.17) is 10.5 Å². The van der Waals surface area contributed by atoms with E-state index in [-0.39, 0.29) is 11.5 Å². The predicted molar refractivity (Wildman–Crippen MR) is 59.9 cm³/mol. The Labute approximate surface area is 90.2 Å². The molecule has 0 spiro atoms. The monoisotopic (exact) mass is 211 g/mol. The zero-order valence-corrected chi connectivity index (χ0v) is 9.29. The molecule has 1 aromatic rings. The average Bonchev–Trinajstić information content (AvgIpc) is 2.18. The lowest BCUT2D eigenvalue weighted by Gasteiger charge is -2.08. The summed E-state index contributed by atoms with van der Waals surface area (Å²) in [6.45, 7) is 5.21. The molecule has 2 nitrogen and oxygen atoms in total. The van der Waals surface area contributed by atoms with Crippen LogP contribution in [0.1, 0.15) is 25.8 Å². The van der Waals surface area contributed by atoms with Crippen LogP contribution in [-0.4, -0.2) is 6.61 Å². The molecular weight excluding hydrogens is 193 g/mol. The minimum Gasteiger partial charge on any atom is -0.396 e. The number of benzene rings is 1. The third kappa shape index (κ3) is 3.88. The van der Waals surface area contributed by atoms with Crippen molar-refractivity contribution >= 4 is 5.69 Å². The highest BCUT2D eigenvalue weighted by Gasteiger charge is 2.05. The number of hydrogen-bond acceptors (Lipinski definition) is 2. The Balaban J connectivity index is 2.41. The summed E-state index contributed by atoms with van der Waals surface area (Å²) in [6, 6.07) is 4.98. The second-order valence-corrected chi connectivity index (χ2v) is 4.06. The molecule has 3 heteroatoms. The van der Waals surface area contributed by atoms with E-state index >= 15 is 0 Å². The number of halogens is 1. The Morgan fingerprint density at radius 3 is 2.80 bits per heavy atom. The van der Waals surface area contributed by atoms with Gasteiger partial charge < -0.3 is 10.5 Å². The lowest BCUT2D eigenvalue weighted by Crippen LogP contribution is -2.02. The summed E-state index contributed by atoms with van der Waals surface area (Å²) in [5.74, 6) is 0.248. The molecule has 0 unspecified atom stereocenters. The maximum Gasteiger partial charge on any atom is 0.151 e. The summed E-state index contributed by atoms with van der Waals surface area (Å²) in [5.41, 5.74) is 6.15. The van der Waals surface area contributed by atoms with Gasteiger partial charge in [-0.1, -0.05) is 26.0 Å². The molecule has 1 rings (SSSR count). The van der Waals surface area contributed by atoms with Gasteiger partial charge in [-0.05, 0) is 18.4 Å². The van der Waals surface area contributed by atoms with E-state index < -0.39 is 0 Å². The van der Waals surface area contributed by atoms with Crippen molar-refractivity contribution in [2.75, 3.05) is 12.3 Å². The van der Waals surface area contributed by atoms with Gasteiger partial charge >= 0.3 is 0 Å². The minimum atomic E-state index is -0.359. The zero-order chi connectivity index (χ0) is 11.3. The summed E-state index contributed by atoms with van der Waals surface area (Å²) in [4.78, 5) is 0. The maximum absolute atomic E-state index is 13.4. The molecule has 1 aromatic carbocycles. The van der Waals surface area contributed by atoms with Gasteiger partial charge in [-0.25, -0.2) is 4.39 Å². The highest BCUT2D eigenvalue weighted by atomic mass is 19.1.